The number of carbonyl (C=O) groups excluding carboxylic acids is 1. The second kappa shape index (κ2) is 12.4. The maximum Gasteiger partial charge on any atom is 0.418 e. The number of fused-ring (bicyclic) bond motifs is 1. The largest absolute Gasteiger partial charge is 0.494 e. The molecule has 1 unspecified atom stereocenters. The van der Waals surface area contributed by atoms with Crippen molar-refractivity contribution in [3.05, 3.63) is 130 Å². The Bertz CT molecular complexity index is 1790. The van der Waals surface area contributed by atoms with Crippen LogP contribution in [0.1, 0.15) is 36.8 Å². The number of halogens is 3. The van der Waals surface area contributed by atoms with E-state index in [1.54, 1.807) is 67.6 Å². The van der Waals surface area contributed by atoms with E-state index in [1.165, 1.54) is 27.7 Å². The van der Waals surface area contributed by atoms with Crippen LogP contribution in [-0.2, 0) is 12.7 Å². The molecule has 1 heterocycles. The number of amides is 2. The second-order valence-corrected chi connectivity index (χ2v) is 9.82. The molecule has 0 aliphatic rings. The topological polar surface area (TPSA) is 76.5 Å². The first-order chi connectivity index (χ1) is 20.7. The third kappa shape index (κ3) is 6.38. The van der Waals surface area contributed by atoms with Gasteiger partial charge >= 0.3 is 12.2 Å². The first-order valence-electron chi connectivity index (χ1n) is 13.7. The van der Waals surface area contributed by atoms with Crippen LogP contribution in [0.5, 0.6) is 5.75 Å². The molecule has 0 fully saturated rings. The van der Waals surface area contributed by atoms with E-state index in [-0.39, 0.29) is 23.6 Å². The van der Waals surface area contributed by atoms with E-state index >= 15 is 0 Å². The van der Waals surface area contributed by atoms with Crippen molar-refractivity contribution in [3.8, 4) is 11.4 Å². The Hall–Kier alpha value is -5.12. The number of hydrogen-bond acceptors (Lipinski definition) is 4. The molecule has 5 rings (SSSR count). The van der Waals surface area contributed by atoms with Crippen molar-refractivity contribution in [2.75, 3.05) is 11.9 Å². The van der Waals surface area contributed by atoms with E-state index in [0.29, 0.717) is 28.9 Å². The number of ether oxygens (including phenoxy) is 1. The van der Waals surface area contributed by atoms with E-state index in [2.05, 4.69) is 5.32 Å². The summed E-state index contributed by atoms with van der Waals surface area (Å²) in [6.45, 7) is 4.07. The second-order valence-electron chi connectivity index (χ2n) is 9.82. The Labute approximate surface area is 246 Å². The molecule has 0 aliphatic heterocycles. The molecule has 0 spiro atoms. The van der Waals surface area contributed by atoms with Crippen LogP contribution in [0.2, 0.25) is 0 Å². The number of aromatic nitrogens is 2. The van der Waals surface area contributed by atoms with Gasteiger partial charge in [-0.3, -0.25) is 9.36 Å². The highest BCUT2D eigenvalue weighted by atomic mass is 19.4. The van der Waals surface area contributed by atoms with Crippen molar-refractivity contribution in [1.29, 1.82) is 0 Å². The highest BCUT2D eigenvalue weighted by Gasteiger charge is 2.35. The molecule has 0 radical (unpaired) electrons. The van der Waals surface area contributed by atoms with E-state index < -0.39 is 23.8 Å². The van der Waals surface area contributed by atoms with Gasteiger partial charge in [-0.2, -0.15) is 13.2 Å². The molecule has 1 atom stereocenters. The lowest BCUT2D eigenvalue weighted by Gasteiger charge is -2.31. The lowest BCUT2D eigenvalue weighted by Crippen LogP contribution is -2.39. The van der Waals surface area contributed by atoms with E-state index in [9.17, 15) is 22.8 Å². The number of carbonyl (C=O) groups is 1. The zero-order valence-corrected chi connectivity index (χ0v) is 23.5. The Morgan fingerprint density at radius 2 is 1.58 bits per heavy atom. The van der Waals surface area contributed by atoms with Crippen molar-refractivity contribution < 1.29 is 22.7 Å². The number of rotatable bonds is 8. The zero-order valence-electron chi connectivity index (χ0n) is 23.5. The van der Waals surface area contributed by atoms with Gasteiger partial charge in [-0.1, -0.05) is 54.6 Å². The van der Waals surface area contributed by atoms with Crippen LogP contribution in [0, 0.1) is 0 Å². The Balaban J connectivity index is 1.64. The highest BCUT2D eigenvalue weighted by Crippen LogP contribution is 2.35. The number of anilines is 1. The molecule has 7 nitrogen and oxygen atoms in total. The number of urea groups is 1. The number of nitrogens with one attached hydrogen (secondary N) is 1. The number of benzene rings is 4. The Morgan fingerprint density at radius 1 is 0.930 bits per heavy atom. The summed E-state index contributed by atoms with van der Waals surface area (Å²) >= 11 is 0. The molecule has 1 N–H and O–H groups in total. The number of para-hydroxylation sites is 2. The Morgan fingerprint density at radius 3 is 2.28 bits per heavy atom. The summed E-state index contributed by atoms with van der Waals surface area (Å²) in [5.41, 5.74) is -0.0232. The van der Waals surface area contributed by atoms with Crippen LogP contribution in [0.3, 0.4) is 0 Å². The lowest BCUT2D eigenvalue weighted by atomic mass is 10.1. The van der Waals surface area contributed by atoms with Gasteiger partial charge in [0.2, 0.25) is 0 Å². The van der Waals surface area contributed by atoms with Crippen molar-refractivity contribution in [2.24, 2.45) is 0 Å². The van der Waals surface area contributed by atoms with Crippen LogP contribution in [0.4, 0.5) is 23.7 Å². The number of nitrogens with zero attached hydrogens (tertiary/aromatic N) is 3. The van der Waals surface area contributed by atoms with Crippen LogP contribution in [-0.4, -0.2) is 27.1 Å². The minimum absolute atomic E-state index is 0.0357. The summed E-state index contributed by atoms with van der Waals surface area (Å²) < 4.78 is 48.3. The third-order valence-electron chi connectivity index (χ3n) is 6.98. The summed E-state index contributed by atoms with van der Waals surface area (Å²) in [5, 5.41) is 2.84. The summed E-state index contributed by atoms with van der Waals surface area (Å²) in [6, 6.07) is 26.0. The molecule has 4 aromatic carbocycles. The molecule has 5 aromatic rings. The molecule has 0 saturated heterocycles. The van der Waals surface area contributed by atoms with Gasteiger partial charge in [0.25, 0.3) is 5.56 Å². The van der Waals surface area contributed by atoms with Gasteiger partial charge in [0.05, 0.1) is 40.5 Å². The SMILES string of the molecule is CCOc1ccc(-n2c(C(C)N(Cc3ccccc3)C(=O)Nc3ccccc3C(F)(F)F)nc3ccccc3c2=O)cc1. The maximum atomic E-state index is 13.9. The van der Waals surface area contributed by atoms with Crippen molar-refractivity contribution in [3.63, 3.8) is 0 Å². The van der Waals surface area contributed by atoms with Crippen molar-refractivity contribution >= 4 is 22.6 Å². The monoisotopic (exact) mass is 586 g/mol. The minimum Gasteiger partial charge on any atom is -0.494 e. The first-order valence-corrected chi connectivity index (χ1v) is 13.7. The van der Waals surface area contributed by atoms with Crippen LogP contribution in [0.25, 0.3) is 16.6 Å². The van der Waals surface area contributed by atoms with E-state index in [4.69, 9.17) is 9.72 Å². The molecule has 1 aromatic heterocycles. The van der Waals surface area contributed by atoms with Gasteiger partial charge in [-0.15, -0.1) is 0 Å². The van der Waals surface area contributed by atoms with Crippen LogP contribution in [0.15, 0.2) is 108 Å². The molecule has 0 saturated carbocycles. The molecule has 220 valence electrons. The first kappa shape index (κ1) is 29.4. The quantitative estimate of drug-likeness (QED) is 0.203. The van der Waals surface area contributed by atoms with Crippen LogP contribution >= 0.6 is 0 Å². The lowest BCUT2D eigenvalue weighted by molar-refractivity contribution is -0.136. The predicted molar refractivity (Wildman–Crippen MR) is 159 cm³/mol. The maximum absolute atomic E-state index is 13.9. The minimum atomic E-state index is -4.67. The average molecular weight is 587 g/mol. The molecule has 43 heavy (non-hydrogen) atoms. The van der Waals surface area contributed by atoms with Gasteiger partial charge in [-0.25, -0.2) is 9.78 Å². The fraction of sp³-hybridized carbons (Fsp3) is 0.182. The fourth-order valence-corrected chi connectivity index (χ4v) is 4.87. The number of alkyl halides is 3. The summed E-state index contributed by atoms with van der Waals surface area (Å²) in [7, 11) is 0. The van der Waals surface area contributed by atoms with Crippen LogP contribution < -0.4 is 15.6 Å². The van der Waals surface area contributed by atoms with Gasteiger partial charge in [0.1, 0.15) is 11.6 Å². The van der Waals surface area contributed by atoms with Gasteiger partial charge in [0.15, 0.2) is 0 Å². The molecule has 0 aliphatic carbocycles. The predicted octanol–water partition coefficient (Wildman–Crippen LogP) is 7.60. The highest BCUT2D eigenvalue weighted by molar-refractivity contribution is 5.90. The smallest absolute Gasteiger partial charge is 0.418 e. The zero-order chi connectivity index (χ0) is 30.6. The fourth-order valence-electron chi connectivity index (χ4n) is 4.87. The molecule has 10 heteroatoms. The van der Waals surface area contributed by atoms with E-state index in [1.807, 2.05) is 25.1 Å². The summed E-state index contributed by atoms with van der Waals surface area (Å²) in [4.78, 5) is 33.9. The van der Waals surface area contributed by atoms with E-state index in [0.717, 1.165) is 11.6 Å². The summed E-state index contributed by atoms with van der Waals surface area (Å²) in [5.74, 6) is 0.860. The van der Waals surface area contributed by atoms with Gasteiger partial charge in [-0.05, 0) is 67.9 Å². The Kier molecular flexibility index (Phi) is 8.47. The normalized spacial score (nSPS) is 12.1. The van der Waals surface area contributed by atoms with Gasteiger partial charge < -0.3 is 15.0 Å². The van der Waals surface area contributed by atoms with Crippen molar-refractivity contribution in [1.82, 2.24) is 14.5 Å². The molecule has 2 amide bonds. The average Bonchev–Trinajstić information content (AvgIpc) is 3.00. The molecular weight excluding hydrogens is 557 g/mol. The summed E-state index contributed by atoms with van der Waals surface area (Å²) in [6.07, 6.45) is -4.67. The molecular formula is C33H29F3N4O3. The molecule has 0 bridgehead atoms. The third-order valence-corrected chi connectivity index (χ3v) is 6.98. The standard InChI is InChI=1S/C33H29F3N4O3/c1-3-43-25-19-17-24(18-20-25)40-30(37-28-15-9-7-13-26(28)31(40)41)22(2)39(21-23-11-5-4-6-12-23)32(42)38-29-16-10-8-14-27(29)33(34,35)36/h4-20,22H,3,21H2,1-2H3,(H,38,42). The van der Waals surface area contributed by atoms with Crippen molar-refractivity contribution in [2.45, 2.75) is 32.6 Å². The van der Waals surface area contributed by atoms with Gasteiger partial charge in [0, 0.05) is 6.54 Å². The number of hydrogen-bond donors (Lipinski definition) is 1.